The number of aromatic nitrogens is 3. The minimum absolute atomic E-state index is 0.00601. The fourth-order valence-electron chi connectivity index (χ4n) is 1.39. The summed E-state index contributed by atoms with van der Waals surface area (Å²) >= 11 is 11.5. The fraction of sp³-hybridized carbons (Fsp3) is 0.182. The molecule has 1 aromatic heterocycles. The number of halogens is 5. The summed E-state index contributed by atoms with van der Waals surface area (Å²) in [5, 5.41) is 2.37. The molecule has 0 radical (unpaired) electrons. The van der Waals surface area contributed by atoms with Gasteiger partial charge in [0.2, 0.25) is 11.2 Å². The number of benzene rings is 1. The lowest BCUT2D eigenvalue weighted by molar-refractivity contribution is -0.137. The van der Waals surface area contributed by atoms with Gasteiger partial charge < -0.3 is 10.1 Å². The minimum atomic E-state index is -4.47. The Morgan fingerprint density at radius 1 is 1.14 bits per heavy atom. The smallest absolute Gasteiger partial charge is 0.416 e. The normalized spacial score (nSPS) is 11.3. The van der Waals surface area contributed by atoms with E-state index in [1.165, 1.54) is 7.11 Å². The van der Waals surface area contributed by atoms with E-state index in [0.29, 0.717) is 0 Å². The summed E-state index contributed by atoms with van der Waals surface area (Å²) in [5.41, 5.74) is -0.668. The third-order valence-electron chi connectivity index (χ3n) is 2.31. The number of rotatable bonds is 3. The van der Waals surface area contributed by atoms with E-state index in [1.807, 2.05) is 0 Å². The Morgan fingerprint density at radius 3 is 2.43 bits per heavy atom. The lowest BCUT2D eigenvalue weighted by atomic mass is 10.2. The van der Waals surface area contributed by atoms with Crippen molar-refractivity contribution in [3.8, 4) is 6.01 Å². The monoisotopic (exact) mass is 338 g/mol. The van der Waals surface area contributed by atoms with Gasteiger partial charge in [-0.2, -0.15) is 28.1 Å². The molecule has 5 nitrogen and oxygen atoms in total. The van der Waals surface area contributed by atoms with Crippen LogP contribution in [-0.4, -0.2) is 22.1 Å². The number of nitrogens with one attached hydrogen (secondary N) is 1. The Hall–Kier alpha value is -1.80. The van der Waals surface area contributed by atoms with Gasteiger partial charge in [-0.3, -0.25) is 0 Å². The van der Waals surface area contributed by atoms with E-state index in [9.17, 15) is 13.2 Å². The number of alkyl halides is 3. The van der Waals surface area contributed by atoms with Gasteiger partial charge >= 0.3 is 12.2 Å². The van der Waals surface area contributed by atoms with Crippen LogP contribution in [0.25, 0.3) is 0 Å². The summed E-state index contributed by atoms with van der Waals surface area (Å²) in [6, 6.07) is 2.80. The Bertz CT molecular complexity index is 666. The van der Waals surface area contributed by atoms with Crippen molar-refractivity contribution in [3.05, 3.63) is 34.1 Å². The van der Waals surface area contributed by atoms with Gasteiger partial charge in [-0.1, -0.05) is 11.6 Å². The Morgan fingerprint density at radius 2 is 1.86 bits per heavy atom. The minimum Gasteiger partial charge on any atom is -0.467 e. The van der Waals surface area contributed by atoms with Crippen LogP contribution in [0.5, 0.6) is 6.01 Å². The molecular formula is C11H7Cl2F3N4O. The third kappa shape index (κ3) is 3.85. The highest BCUT2D eigenvalue weighted by Gasteiger charge is 2.30. The van der Waals surface area contributed by atoms with Crippen LogP contribution < -0.4 is 10.1 Å². The zero-order chi connectivity index (χ0) is 15.6. The van der Waals surface area contributed by atoms with Gasteiger partial charge in [-0.05, 0) is 29.8 Å². The second-order valence-electron chi connectivity index (χ2n) is 3.73. The van der Waals surface area contributed by atoms with Gasteiger partial charge in [-0.15, -0.1) is 0 Å². The number of anilines is 2. The Kier molecular flexibility index (Phi) is 4.38. The van der Waals surface area contributed by atoms with Crippen LogP contribution in [0.3, 0.4) is 0 Å². The van der Waals surface area contributed by atoms with Crippen LogP contribution in [-0.2, 0) is 6.18 Å². The first-order valence-electron chi connectivity index (χ1n) is 5.39. The maximum atomic E-state index is 12.5. The molecule has 0 amide bonds. The molecule has 0 atom stereocenters. The number of hydrogen-bond donors (Lipinski definition) is 1. The first-order valence-corrected chi connectivity index (χ1v) is 6.14. The van der Waals surface area contributed by atoms with Crippen molar-refractivity contribution in [2.24, 2.45) is 0 Å². The van der Waals surface area contributed by atoms with E-state index in [2.05, 4.69) is 20.3 Å². The quantitative estimate of drug-likeness (QED) is 0.918. The van der Waals surface area contributed by atoms with Gasteiger partial charge in [0.25, 0.3) is 0 Å². The van der Waals surface area contributed by atoms with Crippen molar-refractivity contribution in [3.63, 3.8) is 0 Å². The molecule has 0 saturated heterocycles. The average Bonchev–Trinajstić information content (AvgIpc) is 2.39. The van der Waals surface area contributed by atoms with Gasteiger partial charge in [0.15, 0.2) is 0 Å². The van der Waals surface area contributed by atoms with Crippen LogP contribution in [0.1, 0.15) is 5.56 Å². The molecule has 112 valence electrons. The molecule has 1 heterocycles. The van der Waals surface area contributed by atoms with Crippen molar-refractivity contribution in [1.82, 2.24) is 15.0 Å². The maximum absolute atomic E-state index is 12.5. The molecule has 0 bridgehead atoms. The van der Waals surface area contributed by atoms with Gasteiger partial charge in [-0.25, -0.2) is 0 Å². The Labute approximate surface area is 127 Å². The van der Waals surface area contributed by atoms with Crippen LogP contribution in [0.4, 0.5) is 24.8 Å². The molecule has 1 N–H and O–H groups in total. The Balaban J connectivity index is 2.30. The molecule has 2 rings (SSSR count). The van der Waals surface area contributed by atoms with Crippen LogP contribution in [0.2, 0.25) is 10.3 Å². The zero-order valence-electron chi connectivity index (χ0n) is 10.4. The molecule has 0 saturated carbocycles. The summed E-state index contributed by atoms with van der Waals surface area (Å²) in [6.45, 7) is 0. The molecule has 0 aliphatic carbocycles. The first kappa shape index (κ1) is 15.6. The average molecular weight is 339 g/mol. The van der Waals surface area contributed by atoms with E-state index in [4.69, 9.17) is 27.9 Å². The largest absolute Gasteiger partial charge is 0.467 e. The van der Waals surface area contributed by atoms with E-state index < -0.39 is 11.7 Å². The summed E-state index contributed by atoms with van der Waals surface area (Å²) in [6.07, 6.45) is -4.47. The molecule has 2 aromatic rings. The van der Waals surface area contributed by atoms with E-state index in [0.717, 1.165) is 18.2 Å². The highest BCUT2D eigenvalue weighted by molar-refractivity contribution is 6.33. The zero-order valence-corrected chi connectivity index (χ0v) is 11.9. The third-order valence-corrected chi connectivity index (χ3v) is 2.79. The molecule has 10 heteroatoms. The summed E-state index contributed by atoms with van der Waals surface area (Å²) < 4.78 is 42.4. The molecular weight excluding hydrogens is 332 g/mol. The van der Waals surface area contributed by atoms with Gasteiger partial charge in [0, 0.05) is 0 Å². The lowest BCUT2D eigenvalue weighted by Gasteiger charge is -2.11. The number of methoxy groups -OCH3 is 1. The van der Waals surface area contributed by atoms with Gasteiger partial charge in [0.05, 0.1) is 23.4 Å². The predicted molar refractivity (Wildman–Crippen MR) is 71.1 cm³/mol. The van der Waals surface area contributed by atoms with E-state index in [1.54, 1.807) is 0 Å². The summed E-state index contributed by atoms with van der Waals surface area (Å²) in [7, 11) is 1.33. The van der Waals surface area contributed by atoms with Crippen molar-refractivity contribution in [1.29, 1.82) is 0 Å². The van der Waals surface area contributed by atoms with E-state index >= 15 is 0 Å². The van der Waals surface area contributed by atoms with Crippen molar-refractivity contribution >= 4 is 34.8 Å². The summed E-state index contributed by atoms with van der Waals surface area (Å²) in [5.74, 6) is -0.00601. The van der Waals surface area contributed by atoms with Crippen molar-refractivity contribution in [2.45, 2.75) is 6.18 Å². The van der Waals surface area contributed by atoms with Crippen LogP contribution in [0, 0.1) is 0 Å². The molecule has 0 aliphatic heterocycles. The topological polar surface area (TPSA) is 59.9 Å². The number of hydrogen-bond acceptors (Lipinski definition) is 5. The van der Waals surface area contributed by atoms with Crippen molar-refractivity contribution in [2.75, 3.05) is 12.4 Å². The van der Waals surface area contributed by atoms with E-state index in [-0.39, 0.29) is 28.0 Å². The number of nitrogens with zero attached hydrogens (tertiary/aromatic N) is 3. The second-order valence-corrected chi connectivity index (χ2v) is 4.48. The molecule has 21 heavy (non-hydrogen) atoms. The maximum Gasteiger partial charge on any atom is 0.416 e. The first-order chi connectivity index (χ1) is 9.79. The molecule has 0 fully saturated rings. The highest BCUT2D eigenvalue weighted by Crippen LogP contribution is 2.34. The molecule has 0 aliphatic rings. The fourth-order valence-corrected chi connectivity index (χ4v) is 1.77. The SMILES string of the molecule is COc1nc(Cl)nc(Nc2ccc(C(F)(F)F)cc2Cl)n1. The lowest BCUT2D eigenvalue weighted by Crippen LogP contribution is -2.06. The molecule has 1 aromatic carbocycles. The molecule has 0 spiro atoms. The predicted octanol–water partition coefficient (Wildman–Crippen LogP) is 3.95. The second kappa shape index (κ2) is 5.90. The number of ether oxygens (including phenoxy) is 1. The van der Waals surface area contributed by atoms with Crippen molar-refractivity contribution < 1.29 is 17.9 Å². The van der Waals surface area contributed by atoms with Gasteiger partial charge in [0.1, 0.15) is 0 Å². The molecule has 0 unspecified atom stereocenters. The van der Waals surface area contributed by atoms with Crippen LogP contribution in [0.15, 0.2) is 18.2 Å². The van der Waals surface area contributed by atoms with Crippen LogP contribution >= 0.6 is 23.2 Å². The highest BCUT2D eigenvalue weighted by atomic mass is 35.5. The summed E-state index contributed by atoms with van der Waals surface area (Å²) in [4.78, 5) is 11.3. The standard InChI is InChI=1S/C11H7Cl2F3N4O/c1-21-10-19-8(13)18-9(20-10)17-7-3-2-5(4-6(7)12)11(14,15)16/h2-4H,1H3,(H,17,18,19,20).